The first-order valence-corrected chi connectivity index (χ1v) is 7.17. The lowest BCUT2D eigenvalue weighted by atomic mass is 9.96. The van der Waals surface area contributed by atoms with Gasteiger partial charge in [-0.05, 0) is 36.1 Å². The van der Waals surface area contributed by atoms with E-state index >= 15 is 0 Å². The van der Waals surface area contributed by atoms with E-state index in [-0.39, 0.29) is 11.9 Å². The molecule has 0 aliphatic carbocycles. The standard InChI is InChI=1S/C18H20FNO/c1-13(2)11-17(14-7-4-3-5-8-14)20-18(21)15-9-6-10-16(19)12-15/h3-10,12-13,17H,11H2,1-2H3,(H,20,21). The number of carbonyl (C=O) groups is 1. The molecule has 21 heavy (non-hydrogen) atoms. The second-order valence-corrected chi connectivity index (χ2v) is 5.58. The van der Waals surface area contributed by atoms with Gasteiger partial charge in [0.05, 0.1) is 6.04 Å². The van der Waals surface area contributed by atoms with E-state index in [1.807, 2.05) is 30.3 Å². The van der Waals surface area contributed by atoms with E-state index < -0.39 is 5.82 Å². The first-order chi connectivity index (χ1) is 10.1. The van der Waals surface area contributed by atoms with E-state index in [0.29, 0.717) is 11.5 Å². The maximum absolute atomic E-state index is 13.2. The van der Waals surface area contributed by atoms with Crippen molar-refractivity contribution < 1.29 is 9.18 Å². The summed E-state index contributed by atoms with van der Waals surface area (Å²) in [6, 6.07) is 15.5. The average molecular weight is 285 g/mol. The molecule has 0 saturated heterocycles. The average Bonchev–Trinajstić information content (AvgIpc) is 2.47. The Labute approximate surface area is 125 Å². The molecule has 0 aliphatic rings. The molecular formula is C18H20FNO. The first kappa shape index (κ1) is 15.2. The second-order valence-electron chi connectivity index (χ2n) is 5.58. The van der Waals surface area contributed by atoms with Crippen LogP contribution in [0, 0.1) is 11.7 Å². The molecule has 3 heteroatoms. The molecule has 0 aliphatic heterocycles. The van der Waals surface area contributed by atoms with Crippen LogP contribution in [0.1, 0.15) is 42.2 Å². The van der Waals surface area contributed by atoms with E-state index in [0.717, 1.165) is 12.0 Å². The Hall–Kier alpha value is -2.16. The number of amides is 1. The SMILES string of the molecule is CC(C)CC(NC(=O)c1cccc(F)c1)c1ccccc1. The molecule has 0 heterocycles. The minimum Gasteiger partial charge on any atom is -0.345 e. The van der Waals surface area contributed by atoms with Gasteiger partial charge in [0, 0.05) is 5.56 Å². The number of carbonyl (C=O) groups excluding carboxylic acids is 1. The van der Waals surface area contributed by atoms with Crippen LogP contribution in [0.4, 0.5) is 4.39 Å². The Kier molecular flexibility index (Phi) is 5.09. The number of hydrogen-bond donors (Lipinski definition) is 1. The van der Waals surface area contributed by atoms with Crippen molar-refractivity contribution in [1.29, 1.82) is 0 Å². The number of nitrogens with one attached hydrogen (secondary N) is 1. The van der Waals surface area contributed by atoms with Crippen molar-refractivity contribution in [1.82, 2.24) is 5.32 Å². The molecule has 0 spiro atoms. The van der Waals surface area contributed by atoms with Crippen LogP contribution in [0.3, 0.4) is 0 Å². The molecule has 2 nitrogen and oxygen atoms in total. The van der Waals surface area contributed by atoms with E-state index in [9.17, 15) is 9.18 Å². The largest absolute Gasteiger partial charge is 0.345 e. The molecular weight excluding hydrogens is 265 g/mol. The van der Waals surface area contributed by atoms with Gasteiger partial charge in [-0.25, -0.2) is 4.39 Å². The summed E-state index contributed by atoms with van der Waals surface area (Å²) in [5.41, 5.74) is 1.41. The van der Waals surface area contributed by atoms with Gasteiger partial charge in [-0.1, -0.05) is 50.2 Å². The molecule has 0 aromatic heterocycles. The maximum Gasteiger partial charge on any atom is 0.251 e. The number of benzene rings is 2. The van der Waals surface area contributed by atoms with Gasteiger partial charge < -0.3 is 5.32 Å². The number of rotatable bonds is 5. The first-order valence-electron chi connectivity index (χ1n) is 7.17. The zero-order valence-electron chi connectivity index (χ0n) is 12.3. The summed E-state index contributed by atoms with van der Waals surface area (Å²) in [5, 5.41) is 3.00. The van der Waals surface area contributed by atoms with Crippen molar-refractivity contribution in [3.63, 3.8) is 0 Å². The topological polar surface area (TPSA) is 29.1 Å². The van der Waals surface area contributed by atoms with Crippen LogP contribution in [-0.4, -0.2) is 5.91 Å². The van der Waals surface area contributed by atoms with Crippen molar-refractivity contribution in [2.45, 2.75) is 26.3 Å². The molecule has 0 radical (unpaired) electrons. The van der Waals surface area contributed by atoms with Crippen molar-refractivity contribution in [2.75, 3.05) is 0 Å². The van der Waals surface area contributed by atoms with Crippen molar-refractivity contribution >= 4 is 5.91 Å². The lowest BCUT2D eigenvalue weighted by Crippen LogP contribution is -2.29. The third kappa shape index (κ3) is 4.42. The van der Waals surface area contributed by atoms with E-state index in [2.05, 4.69) is 19.2 Å². The van der Waals surface area contributed by atoms with Crippen LogP contribution < -0.4 is 5.32 Å². The quantitative estimate of drug-likeness (QED) is 0.869. The fraction of sp³-hybridized carbons (Fsp3) is 0.278. The summed E-state index contributed by atoms with van der Waals surface area (Å²) >= 11 is 0. The molecule has 0 saturated carbocycles. The van der Waals surface area contributed by atoms with E-state index in [1.54, 1.807) is 12.1 Å². The summed E-state index contributed by atoms with van der Waals surface area (Å²) in [4.78, 5) is 12.3. The molecule has 0 fully saturated rings. The summed E-state index contributed by atoms with van der Waals surface area (Å²) in [5.74, 6) is -0.199. The van der Waals surface area contributed by atoms with Crippen molar-refractivity contribution in [2.24, 2.45) is 5.92 Å². The Balaban J connectivity index is 2.17. The molecule has 2 aromatic carbocycles. The summed E-state index contributed by atoms with van der Waals surface area (Å²) < 4.78 is 13.2. The lowest BCUT2D eigenvalue weighted by molar-refractivity contribution is 0.0931. The molecule has 2 aromatic rings. The Bertz CT molecular complexity index is 595. The van der Waals surface area contributed by atoms with E-state index in [1.165, 1.54) is 12.1 Å². The molecule has 1 N–H and O–H groups in total. The van der Waals surface area contributed by atoms with Crippen LogP contribution in [0.15, 0.2) is 54.6 Å². The summed E-state index contributed by atoms with van der Waals surface area (Å²) in [7, 11) is 0. The molecule has 2 rings (SSSR count). The van der Waals surface area contributed by atoms with Crippen LogP contribution in [0.5, 0.6) is 0 Å². The third-order valence-corrected chi connectivity index (χ3v) is 3.30. The van der Waals surface area contributed by atoms with Gasteiger partial charge in [0.2, 0.25) is 0 Å². The van der Waals surface area contributed by atoms with Crippen molar-refractivity contribution in [3.8, 4) is 0 Å². The van der Waals surface area contributed by atoms with Crippen molar-refractivity contribution in [3.05, 3.63) is 71.5 Å². The van der Waals surface area contributed by atoms with Gasteiger partial charge >= 0.3 is 0 Å². The molecule has 110 valence electrons. The lowest BCUT2D eigenvalue weighted by Gasteiger charge is -2.21. The summed E-state index contributed by atoms with van der Waals surface area (Å²) in [6.07, 6.45) is 0.838. The monoisotopic (exact) mass is 285 g/mol. The smallest absolute Gasteiger partial charge is 0.251 e. The summed E-state index contributed by atoms with van der Waals surface area (Å²) in [6.45, 7) is 4.23. The maximum atomic E-state index is 13.2. The van der Waals surface area contributed by atoms with Crippen LogP contribution >= 0.6 is 0 Å². The number of halogens is 1. The Morgan fingerprint density at radius 2 is 1.81 bits per heavy atom. The van der Waals surface area contributed by atoms with Gasteiger partial charge in [-0.3, -0.25) is 4.79 Å². The highest BCUT2D eigenvalue weighted by atomic mass is 19.1. The Morgan fingerprint density at radius 1 is 1.10 bits per heavy atom. The van der Waals surface area contributed by atoms with Crippen LogP contribution in [0.25, 0.3) is 0 Å². The molecule has 0 bridgehead atoms. The van der Waals surface area contributed by atoms with Gasteiger partial charge in [-0.2, -0.15) is 0 Å². The fourth-order valence-electron chi connectivity index (χ4n) is 2.31. The van der Waals surface area contributed by atoms with Crippen LogP contribution in [0.2, 0.25) is 0 Å². The number of hydrogen-bond acceptors (Lipinski definition) is 1. The van der Waals surface area contributed by atoms with E-state index in [4.69, 9.17) is 0 Å². The van der Waals surface area contributed by atoms with Gasteiger partial charge in [0.25, 0.3) is 5.91 Å². The predicted molar refractivity (Wildman–Crippen MR) is 82.5 cm³/mol. The minimum absolute atomic E-state index is 0.0676. The van der Waals surface area contributed by atoms with Gasteiger partial charge in [0.1, 0.15) is 5.82 Å². The Morgan fingerprint density at radius 3 is 2.43 bits per heavy atom. The van der Waals surface area contributed by atoms with Gasteiger partial charge in [0.15, 0.2) is 0 Å². The normalized spacial score (nSPS) is 12.2. The third-order valence-electron chi connectivity index (χ3n) is 3.30. The zero-order valence-corrected chi connectivity index (χ0v) is 12.3. The highest BCUT2D eigenvalue weighted by Crippen LogP contribution is 2.21. The zero-order chi connectivity index (χ0) is 15.2. The fourth-order valence-corrected chi connectivity index (χ4v) is 2.31. The molecule has 1 unspecified atom stereocenters. The van der Waals surface area contributed by atoms with Gasteiger partial charge in [-0.15, -0.1) is 0 Å². The second kappa shape index (κ2) is 7.02. The highest BCUT2D eigenvalue weighted by molar-refractivity contribution is 5.94. The molecule has 1 atom stereocenters. The predicted octanol–water partition coefficient (Wildman–Crippen LogP) is 4.34. The van der Waals surface area contributed by atoms with Crippen LogP contribution in [-0.2, 0) is 0 Å². The minimum atomic E-state index is -0.400. The highest BCUT2D eigenvalue weighted by Gasteiger charge is 2.17. The molecule has 1 amide bonds.